The summed E-state index contributed by atoms with van der Waals surface area (Å²) in [5.41, 5.74) is 0.885. The van der Waals surface area contributed by atoms with Gasteiger partial charge in [0, 0.05) is 25.7 Å². The molecule has 7 heteroatoms. The summed E-state index contributed by atoms with van der Waals surface area (Å²) < 4.78 is 33.2. The Morgan fingerprint density at radius 2 is 2.09 bits per heavy atom. The first-order valence-corrected chi connectivity index (χ1v) is 9.29. The fourth-order valence-electron chi connectivity index (χ4n) is 3.18. The SMILES string of the molecule is Cc1ccc(Cl)c(S(=O)(=O)N2CCC3OCCN(C)C3C2)c1. The molecule has 1 aromatic rings. The monoisotopic (exact) mass is 344 g/mol. The first-order valence-electron chi connectivity index (χ1n) is 7.48. The maximum atomic E-state index is 12.9. The Morgan fingerprint density at radius 3 is 2.86 bits per heavy atom. The van der Waals surface area contributed by atoms with Crippen LogP contribution >= 0.6 is 11.6 Å². The van der Waals surface area contributed by atoms with Gasteiger partial charge in [-0.2, -0.15) is 4.31 Å². The van der Waals surface area contributed by atoms with Crippen LogP contribution in [0.3, 0.4) is 0 Å². The zero-order valence-corrected chi connectivity index (χ0v) is 14.4. The van der Waals surface area contributed by atoms with Gasteiger partial charge in [-0.1, -0.05) is 17.7 Å². The van der Waals surface area contributed by atoms with E-state index in [4.69, 9.17) is 16.3 Å². The lowest BCUT2D eigenvalue weighted by atomic mass is 10.0. The molecule has 0 spiro atoms. The molecule has 2 aliphatic rings. The number of rotatable bonds is 2. The first kappa shape index (κ1) is 16.2. The van der Waals surface area contributed by atoms with Crippen molar-refractivity contribution in [2.24, 2.45) is 0 Å². The van der Waals surface area contributed by atoms with E-state index in [1.54, 1.807) is 16.4 Å². The van der Waals surface area contributed by atoms with Crippen molar-refractivity contribution in [2.45, 2.75) is 30.4 Å². The summed E-state index contributed by atoms with van der Waals surface area (Å²) in [5, 5.41) is 0.279. The van der Waals surface area contributed by atoms with E-state index in [0.29, 0.717) is 19.7 Å². The average Bonchev–Trinajstić information content (AvgIpc) is 2.49. The largest absolute Gasteiger partial charge is 0.375 e. The molecule has 2 saturated heterocycles. The molecule has 1 aromatic carbocycles. The highest BCUT2D eigenvalue weighted by Crippen LogP contribution is 2.30. The zero-order valence-electron chi connectivity index (χ0n) is 12.8. The Labute approximate surface area is 136 Å². The van der Waals surface area contributed by atoms with Gasteiger partial charge in [0.1, 0.15) is 4.90 Å². The molecule has 122 valence electrons. The molecule has 2 heterocycles. The van der Waals surface area contributed by atoms with E-state index >= 15 is 0 Å². The van der Waals surface area contributed by atoms with Gasteiger partial charge in [-0.15, -0.1) is 0 Å². The molecule has 0 N–H and O–H groups in total. The van der Waals surface area contributed by atoms with Gasteiger partial charge in [0.15, 0.2) is 0 Å². The number of piperidine rings is 1. The fourth-order valence-corrected chi connectivity index (χ4v) is 5.21. The highest BCUT2D eigenvalue weighted by Gasteiger charge is 2.40. The number of ether oxygens (including phenoxy) is 1. The Hall–Kier alpha value is -0.660. The van der Waals surface area contributed by atoms with Gasteiger partial charge in [0.25, 0.3) is 0 Å². The fraction of sp³-hybridized carbons (Fsp3) is 0.600. The third-order valence-electron chi connectivity index (χ3n) is 4.53. The molecule has 2 fully saturated rings. The van der Waals surface area contributed by atoms with Crippen molar-refractivity contribution in [1.29, 1.82) is 0 Å². The number of likely N-dealkylation sites (N-methyl/N-ethyl adjacent to an activating group) is 1. The second-order valence-electron chi connectivity index (χ2n) is 6.04. The molecule has 0 saturated carbocycles. The summed E-state index contributed by atoms with van der Waals surface area (Å²) >= 11 is 6.13. The van der Waals surface area contributed by atoms with Crippen molar-refractivity contribution in [2.75, 3.05) is 33.3 Å². The number of halogens is 1. The average molecular weight is 345 g/mol. The van der Waals surface area contributed by atoms with Crippen LogP contribution in [0.1, 0.15) is 12.0 Å². The molecular formula is C15H21ClN2O3S. The topological polar surface area (TPSA) is 49.9 Å². The number of morpholine rings is 1. The molecule has 0 aromatic heterocycles. The number of nitrogens with zero attached hydrogens (tertiary/aromatic N) is 2. The quantitative estimate of drug-likeness (QED) is 0.820. The second kappa shape index (κ2) is 6.09. The van der Waals surface area contributed by atoms with Crippen molar-refractivity contribution in [1.82, 2.24) is 9.21 Å². The van der Waals surface area contributed by atoms with Gasteiger partial charge >= 0.3 is 0 Å². The maximum absolute atomic E-state index is 12.9. The molecule has 2 unspecified atom stereocenters. The highest BCUT2D eigenvalue weighted by molar-refractivity contribution is 7.89. The van der Waals surface area contributed by atoms with Crippen LogP contribution in [0.15, 0.2) is 23.1 Å². The van der Waals surface area contributed by atoms with Crippen LogP contribution in [0.25, 0.3) is 0 Å². The molecule has 0 aliphatic carbocycles. The zero-order chi connectivity index (χ0) is 15.9. The van der Waals surface area contributed by atoms with Crippen molar-refractivity contribution in [3.63, 3.8) is 0 Å². The van der Waals surface area contributed by atoms with Gasteiger partial charge in [0.05, 0.1) is 17.7 Å². The van der Waals surface area contributed by atoms with E-state index in [1.165, 1.54) is 0 Å². The molecule has 0 radical (unpaired) electrons. The molecule has 3 rings (SSSR count). The van der Waals surface area contributed by atoms with Gasteiger partial charge in [-0.05, 0) is 38.1 Å². The second-order valence-corrected chi connectivity index (χ2v) is 8.36. The Morgan fingerprint density at radius 1 is 1.32 bits per heavy atom. The highest BCUT2D eigenvalue weighted by atomic mass is 35.5. The van der Waals surface area contributed by atoms with Crippen LogP contribution in [0.2, 0.25) is 5.02 Å². The van der Waals surface area contributed by atoms with Crippen LogP contribution in [0, 0.1) is 6.92 Å². The third kappa shape index (κ3) is 2.90. The van der Waals surface area contributed by atoms with Crippen LogP contribution in [0.4, 0.5) is 0 Å². The van der Waals surface area contributed by atoms with Crippen LogP contribution < -0.4 is 0 Å². The number of sulfonamides is 1. The molecule has 22 heavy (non-hydrogen) atoms. The smallest absolute Gasteiger partial charge is 0.244 e. The molecule has 2 aliphatic heterocycles. The predicted molar refractivity (Wildman–Crippen MR) is 85.7 cm³/mol. The minimum Gasteiger partial charge on any atom is -0.375 e. The summed E-state index contributed by atoms with van der Waals surface area (Å²) in [7, 11) is -1.55. The van der Waals surface area contributed by atoms with E-state index in [9.17, 15) is 8.42 Å². The Bertz CT molecular complexity index is 665. The van der Waals surface area contributed by atoms with E-state index in [-0.39, 0.29) is 22.1 Å². The minimum absolute atomic E-state index is 0.112. The lowest BCUT2D eigenvalue weighted by molar-refractivity contribution is -0.0840. The number of hydrogen-bond donors (Lipinski definition) is 0. The molecule has 2 atom stereocenters. The van der Waals surface area contributed by atoms with Crippen molar-refractivity contribution < 1.29 is 13.2 Å². The van der Waals surface area contributed by atoms with E-state index < -0.39 is 10.0 Å². The normalized spacial score (nSPS) is 27.6. The van der Waals surface area contributed by atoms with Crippen molar-refractivity contribution in [3.8, 4) is 0 Å². The van der Waals surface area contributed by atoms with Crippen LogP contribution in [0.5, 0.6) is 0 Å². The first-order chi connectivity index (χ1) is 10.4. The standard InChI is InChI=1S/C15H21ClN2O3S/c1-11-3-4-12(16)15(9-11)22(19,20)18-6-5-14-13(10-18)17(2)7-8-21-14/h3-4,9,13-14H,5-8,10H2,1-2H3. The van der Waals surface area contributed by atoms with E-state index in [2.05, 4.69) is 4.90 Å². The number of benzene rings is 1. The maximum Gasteiger partial charge on any atom is 0.244 e. The van der Waals surface area contributed by atoms with Crippen molar-refractivity contribution >= 4 is 21.6 Å². The number of aryl methyl sites for hydroxylation is 1. The molecule has 5 nitrogen and oxygen atoms in total. The van der Waals surface area contributed by atoms with E-state index in [1.807, 2.05) is 20.0 Å². The van der Waals surface area contributed by atoms with Crippen LogP contribution in [-0.2, 0) is 14.8 Å². The Balaban J connectivity index is 1.88. The summed E-state index contributed by atoms with van der Waals surface area (Å²) in [6.07, 6.45) is 0.843. The summed E-state index contributed by atoms with van der Waals surface area (Å²) in [6.45, 7) is 4.34. The third-order valence-corrected chi connectivity index (χ3v) is 6.88. The van der Waals surface area contributed by atoms with Gasteiger partial charge in [-0.3, -0.25) is 4.90 Å². The summed E-state index contributed by atoms with van der Waals surface area (Å²) in [5.74, 6) is 0. The number of hydrogen-bond acceptors (Lipinski definition) is 4. The predicted octanol–water partition coefficient (Wildman–Crippen LogP) is 1.74. The molecular weight excluding hydrogens is 324 g/mol. The lowest BCUT2D eigenvalue weighted by Gasteiger charge is -2.45. The molecule has 0 bridgehead atoms. The van der Waals surface area contributed by atoms with Gasteiger partial charge in [-0.25, -0.2) is 8.42 Å². The summed E-state index contributed by atoms with van der Waals surface area (Å²) in [4.78, 5) is 2.39. The van der Waals surface area contributed by atoms with E-state index in [0.717, 1.165) is 18.5 Å². The van der Waals surface area contributed by atoms with Gasteiger partial charge < -0.3 is 4.74 Å². The Kier molecular flexibility index (Phi) is 4.49. The summed E-state index contributed by atoms with van der Waals surface area (Å²) in [6, 6.07) is 5.22. The number of fused-ring (bicyclic) bond motifs is 1. The minimum atomic E-state index is -3.57. The van der Waals surface area contributed by atoms with Gasteiger partial charge in [0.2, 0.25) is 10.0 Å². The van der Waals surface area contributed by atoms with Crippen molar-refractivity contribution in [3.05, 3.63) is 28.8 Å². The van der Waals surface area contributed by atoms with Crippen LogP contribution in [-0.4, -0.2) is 63.1 Å². The lowest BCUT2D eigenvalue weighted by Crippen LogP contribution is -2.59. The molecule has 0 amide bonds.